The van der Waals surface area contributed by atoms with Gasteiger partial charge in [0, 0.05) is 0 Å². The molecule has 0 atom stereocenters. The topological polar surface area (TPSA) is 0 Å². The molecule has 0 aromatic carbocycles. The maximum atomic E-state index is 2.84. The lowest BCUT2D eigenvalue weighted by Crippen LogP contribution is -2.63. The Hall–Kier alpha value is 2.11. The van der Waals surface area contributed by atoms with Crippen molar-refractivity contribution in [3.8, 4) is 0 Å². The van der Waals surface area contributed by atoms with Gasteiger partial charge in [0.05, 0.1) is 15.2 Å². The molecule has 0 unspecified atom stereocenters. The van der Waals surface area contributed by atoms with E-state index in [1.807, 2.05) is 0 Å². The summed E-state index contributed by atoms with van der Waals surface area (Å²) >= 11 is 5.68. The fourth-order valence-electron chi connectivity index (χ4n) is 1.12. The monoisotopic (exact) mass is 428 g/mol. The maximum Gasteiger partial charge on any atom is 0.172 e. The van der Waals surface area contributed by atoms with E-state index in [1.165, 1.54) is 0 Å². The molecule has 0 fully saturated rings. The maximum absolute atomic E-state index is 2.84. The van der Waals surface area contributed by atoms with Crippen molar-refractivity contribution in [1.82, 2.24) is 0 Å². The minimum atomic E-state index is -0.889. The van der Waals surface area contributed by atoms with E-state index in [0.717, 1.165) is 0 Å². The third-order valence-corrected chi connectivity index (χ3v) is 88.7. The van der Waals surface area contributed by atoms with Crippen molar-refractivity contribution in [3.05, 3.63) is 0 Å². The Morgan fingerprint density at radius 3 is 0.818 bits per heavy atom. The van der Waals surface area contributed by atoms with Crippen LogP contribution >= 0.6 is 43.6 Å². The molecule has 0 rings (SSSR count). The van der Waals surface area contributed by atoms with Crippen LogP contribution < -0.4 is 0 Å². The average Bonchev–Trinajstić information content (AvgIpc) is 1.58. The molecule has 0 aliphatic heterocycles. The van der Waals surface area contributed by atoms with Gasteiger partial charge >= 0.3 is 0 Å². The van der Waals surface area contributed by atoms with Crippen LogP contribution in [0.2, 0.25) is 39.3 Å². The summed E-state index contributed by atoms with van der Waals surface area (Å²) < 4.78 is -0.889. The number of hydrogen-bond acceptors (Lipinski definition) is 0. The predicted molar refractivity (Wildman–Crippen MR) is 80.5 cm³/mol. The molecule has 0 nitrogen and oxygen atoms in total. The molecule has 5 heteroatoms. The second-order valence-corrected chi connectivity index (χ2v) is 58.3. The molecule has 0 aliphatic rings. The molecule has 0 aromatic heterocycles. The van der Waals surface area contributed by atoms with Gasteiger partial charge in [-0.3, -0.25) is 0 Å². The second-order valence-electron chi connectivity index (χ2n) is 5.07. The molecule has 0 heterocycles. The Balaban J connectivity index is 4.75. The molecule has 11 heavy (non-hydrogen) atoms. The molecule has 0 bridgehead atoms. The Labute approximate surface area is 99.0 Å². The lowest BCUT2D eigenvalue weighted by atomic mass is 11.8. The summed E-state index contributed by atoms with van der Waals surface area (Å²) in [5.41, 5.74) is 0. The van der Waals surface area contributed by atoms with Crippen LogP contribution in [0, 0.1) is 0 Å². The molecule has 0 N–H and O–H groups in total. The van der Waals surface area contributed by atoms with Gasteiger partial charge in [-0.05, 0) is 0 Å². The molecular formula is C6H18I2Si3. The first-order valence-electron chi connectivity index (χ1n) is 3.88. The summed E-state index contributed by atoms with van der Waals surface area (Å²) in [5, 5.41) is 0. The molecule has 0 aliphatic carbocycles. The van der Waals surface area contributed by atoms with Gasteiger partial charge in [0.15, 0.2) is 2.10 Å². The molecule has 0 saturated carbocycles. The predicted octanol–water partition coefficient (Wildman–Crippen LogP) is 4.13. The average molecular weight is 428 g/mol. The summed E-state index contributed by atoms with van der Waals surface area (Å²) in [7, 11) is -1.69. The largest absolute Gasteiger partial charge is 0.172 e. The van der Waals surface area contributed by atoms with Crippen LogP contribution in [-0.2, 0) is 0 Å². The van der Waals surface area contributed by atoms with Gasteiger partial charge in [0.1, 0.15) is 0 Å². The Kier molecular flexibility index (Phi) is 4.41. The lowest BCUT2D eigenvalue weighted by molar-refractivity contribution is 1.82. The van der Waals surface area contributed by atoms with Crippen LogP contribution in [0.25, 0.3) is 0 Å². The zero-order chi connectivity index (χ0) is 9.50. The van der Waals surface area contributed by atoms with E-state index in [2.05, 4.69) is 82.9 Å². The summed E-state index contributed by atoms with van der Waals surface area (Å²) in [6, 6.07) is 0. The first-order valence-corrected chi connectivity index (χ1v) is 21.1. The molecule has 0 amide bonds. The summed E-state index contributed by atoms with van der Waals surface area (Å²) in [4.78, 5) is 0. The second kappa shape index (κ2) is 3.70. The SMILES string of the molecule is C[Si](C)(C)[Si](I)(I)[Si](C)(C)C. The van der Waals surface area contributed by atoms with E-state index in [0.29, 0.717) is 0 Å². The highest BCUT2D eigenvalue weighted by Crippen LogP contribution is 2.39. The van der Waals surface area contributed by atoms with Crippen LogP contribution in [0.3, 0.4) is 0 Å². The minimum Gasteiger partial charge on any atom is -0.112 e. The smallest absolute Gasteiger partial charge is 0.112 e. The first-order chi connectivity index (χ1) is 4.50. The van der Waals surface area contributed by atoms with E-state index in [1.54, 1.807) is 0 Å². The molecule has 0 saturated heterocycles. The van der Waals surface area contributed by atoms with Gasteiger partial charge < -0.3 is 0 Å². The lowest BCUT2D eigenvalue weighted by Gasteiger charge is -2.40. The van der Waals surface area contributed by atoms with Crippen LogP contribution in [-0.4, -0.2) is 17.3 Å². The fraction of sp³-hybridized carbons (Fsp3) is 1.00. The zero-order valence-electron chi connectivity index (χ0n) is 8.26. The van der Waals surface area contributed by atoms with E-state index in [9.17, 15) is 0 Å². The van der Waals surface area contributed by atoms with Gasteiger partial charge in [0.25, 0.3) is 0 Å². The number of hydrogen-bond donors (Lipinski definition) is 0. The van der Waals surface area contributed by atoms with Crippen molar-refractivity contribution in [1.29, 1.82) is 0 Å². The summed E-state index contributed by atoms with van der Waals surface area (Å²) in [6.45, 7) is 15.2. The third-order valence-electron chi connectivity index (χ3n) is 1.88. The summed E-state index contributed by atoms with van der Waals surface area (Å²) in [5.74, 6) is 0. The highest BCUT2D eigenvalue weighted by molar-refractivity contribution is 14.3. The highest BCUT2D eigenvalue weighted by atomic mass is 127. The molecule has 68 valence electrons. The normalized spacial score (nSPS) is 15.3. The zero-order valence-corrected chi connectivity index (χ0v) is 15.6. The molecular weight excluding hydrogens is 410 g/mol. The van der Waals surface area contributed by atoms with Crippen LogP contribution in [0.15, 0.2) is 0 Å². The van der Waals surface area contributed by atoms with Gasteiger partial charge in [-0.1, -0.05) is 39.3 Å². The van der Waals surface area contributed by atoms with Crippen molar-refractivity contribution in [3.63, 3.8) is 0 Å². The van der Waals surface area contributed by atoms with Crippen molar-refractivity contribution in [2.45, 2.75) is 39.3 Å². The quantitative estimate of drug-likeness (QED) is 0.353. The minimum absolute atomic E-state index is 0.846. The van der Waals surface area contributed by atoms with Crippen molar-refractivity contribution >= 4 is 60.9 Å². The number of halogens is 2. The van der Waals surface area contributed by atoms with Gasteiger partial charge in [-0.2, -0.15) is 0 Å². The Morgan fingerprint density at radius 1 is 0.636 bits per heavy atom. The Morgan fingerprint density at radius 2 is 0.818 bits per heavy atom. The third kappa shape index (κ3) is 3.06. The molecule has 0 spiro atoms. The van der Waals surface area contributed by atoms with E-state index >= 15 is 0 Å². The molecule has 0 radical (unpaired) electrons. The number of rotatable bonds is 2. The highest BCUT2D eigenvalue weighted by Gasteiger charge is 2.51. The van der Waals surface area contributed by atoms with Gasteiger partial charge in [-0.25, -0.2) is 0 Å². The standard InChI is InChI=1S/C6H18I2Si3/c1-9(2,3)11(7,8)10(4,5)6/h1-6H3. The summed E-state index contributed by atoms with van der Waals surface area (Å²) in [6.07, 6.45) is 0. The van der Waals surface area contributed by atoms with Gasteiger partial charge in [0.2, 0.25) is 0 Å². The van der Waals surface area contributed by atoms with Crippen molar-refractivity contribution in [2.75, 3.05) is 0 Å². The van der Waals surface area contributed by atoms with E-state index in [4.69, 9.17) is 0 Å². The van der Waals surface area contributed by atoms with Crippen LogP contribution in [0.4, 0.5) is 0 Å². The van der Waals surface area contributed by atoms with Gasteiger partial charge in [-0.15, -0.1) is 43.6 Å². The fourth-order valence-corrected chi connectivity index (χ4v) is 30.4. The first kappa shape index (κ1) is 13.1. The van der Waals surface area contributed by atoms with Crippen molar-refractivity contribution < 1.29 is 0 Å². The van der Waals surface area contributed by atoms with Crippen LogP contribution in [0.1, 0.15) is 0 Å². The van der Waals surface area contributed by atoms with Crippen molar-refractivity contribution in [2.24, 2.45) is 0 Å². The Bertz CT molecular complexity index is 127. The molecule has 0 aromatic rings. The van der Waals surface area contributed by atoms with Crippen LogP contribution in [0.5, 0.6) is 0 Å². The van der Waals surface area contributed by atoms with E-state index < -0.39 is 17.3 Å². The van der Waals surface area contributed by atoms with E-state index in [-0.39, 0.29) is 0 Å².